The number of quaternary nitrogens is 1. The molecular weight excluding hydrogens is 815 g/mol. The zero-order valence-electron chi connectivity index (χ0n) is 43.4. The first-order valence-corrected chi connectivity index (χ1v) is 27.5. The summed E-state index contributed by atoms with van der Waals surface area (Å²) in [6.07, 6.45) is 52.5. The number of rotatable bonds is 51. The predicted molar refractivity (Wildman–Crippen MR) is 272 cm³/mol. The number of hydrogen-bond acceptors (Lipinski definition) is 7. The number of carboxylic acid groups (broad SMARTS) is 1. The average Bonchev–Trinajstić information content (AvgIpc) is 3.27. The molecule has 2 unspecified atom stereocenters. The first-order valence-electron chi connectivity index (χ1n) is 27.5. The number of carbonyl (C=O) groups excluding carboxylic acids is 2. The number of likely N-dealkylation sites (N-methyl/N-ethyl adjacent to an activating group) is 1. The molecule has 0 spiro atoms. The van der Waals surface area contributed by atoms with E-state index in [1.54, 1.807) is 0 Å². The number of allylic oxidation sites excluding steroid dienone is 4. The number of carbonyl (C=O) groups is 3. The largest absolute Gasteiger partial charge is 0.477 e. The van der Waals surface area contributed by atoms with Gasteiger partial charge in [-0.15, -0.1) is 0 Å². The highest BCUT2D eigenvalue weighted by molar-refractivity contribution is 5.71. The molecule has 0 heterocycles. The minimum absolute atomic E-state index is 0.176. The van der Waals surface area contributed by atoms with Gasteiger partial charge < -0.3 is 28.5 Å². The molecule has 65 heavy (non-hydrogen) atoms. The molecule has 0 rings (SSSR count). The van der Waals surface area contributed by atoms with Gasteiger partial charge in [-0.1, -0.05) is 224 Å². The number of unbranched alkanes of at least 4 members (excludes halogenated alkanes) is 32. The van der Waals surface area contributed by atoms with Gasteiger partial charge in [0, 0.05) is 12.8 Å². The van der Waals surface area contributed by atoms with Crippen molar-refractivity contribution in [1.82, 2.24) is 0 Å². The van der Waals surface area contributed by atoms with Gasteiger partial charge in [-0.25, -0.2) is 4.79 Å². The van der Waals surface area contributed by atoms with Crippen molar-refractivity contribution in [2.24, 2.45) is 0 Å². The molecule has 2 atom stereocenters. The molecule has 0 aromatic heterocycles. The Morgan fingerprint density at radius 3 is 1.22 bits per heavy atom. The lowest BCUT2D eigenvalue weighted by atomic mass is 10.0. The van der Waals surface area contributed by atoms with E-state index < -0.39 is 24.3 Å². The van der Waals surface area contributed by atoms with E-state index in [9.17, 15) is 19.5 Å². The molecule has 0 radical (unpaired) electrons. The molecule has 1 N–H and O–H groups in total. The first kappa shape index (κ1) is 62.8. The third kappa shape index (κ3) is 49.5. The van der Waals surface area contributed by atoms with E-state index in [2.05, 4.69) is 38.2 Å². The second kappa shape index (κ2) is 48.2. The van der Waals surface area contributed by atoms with Crippen LogP contribution in [-0.4, -0.2) is 87.4 Å². The van der Waals surface area contributed by atoms with Crippen LogP contribution < -0.4 is 0 Å². The van der Waals surface area contributed by atoms with Crippen LogP contribution in [0.5, 0.6) is 0 Å². The van der Waals surface area contributed by atoms with E-state index in [0.29, 0.717) is 17.4 Å². The van der Waals surface area contributed by atoms with Crippen LogP contribution in [-0.2, 0) is 33.3 Å². The zero-order valence-corrected chi connectivity index (χ0v) is 43.4. The van der Waals surface area contributed by atoms with E-state index >= 15 is 0 Å². The number of ether oxygens (including phenoxy) is 4. The highest BCUT2D eigenvalue weighted by atomic mass is 16.7. The number of nitrogens with zero attached hydrogens (tertiary/aromatic N) is 1. The fourth-order valence-electron chi connectivity index (χ4n) is 7.93. The van der Waals surface area contributed by atoms with Gasteiger partial charge in [-0.3, -0.25) is 9.59 Å². The molecule has 0 aliphatic carbocycles. The molecule has 382 valence electrons. The van der Waals surface area contributed by atoms with Crippen molar-refractivity contribution >= 4 is 17.9 Å². The van der Waals surface area contributed by atoms with Crippen molar-refractivity contribution < 1.29 is 42.9 Å². The summed E-state index contributed by atoms with van der Waals surface area (Å²) < 4.78 is 22.8. The average molecular weight is 921 g/mol. The third-order valence-corrected chi connectivity index (χ3v) is 12.2. The van der Waals surface area contributed by atoms with Crippen molar-refractivity contribution in [2.45, 2.75) is 270 Å². The SMILES string of the molecule is CCCCCCC/C=C\C/C=C\CCCCCCCCCCCCCCCCCC(=O)OC(COC(=O)CCCCCCCCCCCCCCC)COC(OCC[N+](C)(C)C)C(=O)O. The molecule has 0 saturated heterocycles. The summed E-state index contributed by atoms with van der Waals surface area (Å²) >= 11 is 0. The predicted octanol–water partition coefficient (Wildman–Crippen LogP) is 15.6. The summed E-state index contributed by atoms with van der Waals surface area (Å²) in [6.45, 7) is 4.90. The maximum Gasteiger partial charge on any atom is 0.361 e. The van der Waals surface area contributed by atoms with Gasteiger partial charge in [-0.05, 0) is 44.9 Å². The molecule has 0 amide bonds. The van der Waals surface area contributed by atoms with Gasteiger partial charge in [0.2, 0.25) is 0 Å². The third-order valence-electron chi connectivity index (χ3n) is 12.2. The lowest BCUT2D eigenvalue weighted by Crippen LogP contribution is -2.40. The molecule has 0 fully saturated rings. The molecule has 0 aliphatic rings. The van der Waals surface area contributed by atoms with Crippen LogP contribution in [0.25, 0.3) is 0 Å². The molecule has 0 bridgehead atoms. The lowest BCUT2D eigenvalue weighted by Gasteiger charge is -2.25. The number of esters is 2. The van der Waals surface area contributed by atoms with Crippen molar-refractivity contribution in [1.29, 1.82) is 0 Å². The Balaban J connectivity index is 4.17. The standard InChI is InChI=1S/C56H105NO8/c1-6-8-10-12-14-16-18-20-21-22-23-24-25-26-27-28-29-30-31-32-33-35-37-39-41-43-45-47-54(59)65-52(51-64-56(55(60)61)62-49-48-57(3,4)5)50-63-53(58)46-44-42-40-38-36-34-19-17-15-13-11-9-7-2/h18,20,22-23,52,56H,6-17,19,21,24-51H2,1-5H3/p+1/b20-18-,23-22-. The quantitative estimate of drug-likeness (QED) is 0.0211. The normalized spacial score (nSPS) is 12.9. The molecule has 0 aromatic carbocycles. The molecule has 9 nitrogen and oxygen atoms in total. The summed E-state index contributed by atoms with van der Waals surface area (Å²) in [7, 11) is 5.97. The van der Waals surface area contributed by atoms with Crippen molar-refractivity contribution in [3.05, 3.63) is 24.3 Å². The fraction of sp³-hybridized carbons (Fsp3) is 0.875. The van der Waals surface area contributed by atoms with Crippen LogP contribution in [0.3, 0.4) is 0 Å². The summed E-state index contributed by atoms with van der Waals surface area (Å²) in [5.74, 6) is -1.99. The minimum atomic E-state index is -1.51. The number of aliphatic carboxylic acids is 1. The van der Waals surface area contributed by atoms with Crippen LogP contribution in [0.1, 0.15) is 258 Å². The second-order valence-electron chi connectivity index (χ2n) is 19.9. The summed E-state index contributed by atoms with van der Waals surface area (Å²) in [6, 6.07) is 0. The Labute approximate surface area is 401 Å². The van der Waals surface area contributed by atoms with Crippen molar-refractivity contribution in [2.75, 3.05) is 47.5 Å². The van der Waals surface area contributed by atoms with E-state index in [-0.39, 0.29) is 32.2 Å². The van der Waals surface area contributed by atoms with Gasteiger partial charge in [-0.2, -0.15) is 0 Å². The Morgan fingerprint density at radius 2 is 0.831 bits per heavy atom. The fourth-order valence-corrected chi connectivity index (χ4v) is 7.93. The highest BCUT2D eigenvalue weighted by Gasteiger charge is 2.25. The molecular formula is C56H106NO8+. The summed E-state index contributed by atoms with van der Waals surface area (Å²) in [5.41, 5.74) is 0. The van der Waals surface area contributed by atoms with Crippen LogP contribution in [0, 0.1) is 0 Å². The topological polar surface area (TPSA) is 108 Å². The van der Waals surface area contributed by atoms with E-state index in [1.807, 2.05) is 21.1 Å². The molecule has 0 saturated carbocycles. The van der Waals surface area contributed by atoms with E-state index in [1.165, 1.54) is 186 Å². The first-order chi connectivity index (χ1) is 31.6. The zero-order chi connectivity index (χ0) is 47.7. The smallest absolute Gasteiger partial charge is 0.361 e. The lowest BCUT2D eigenvalue weighted by molar-refractivity contribution is -0.870. The molecule has 9 heteroatoms. The van der Waals surface area contributed by atoms with E-state index in [4.69, 9.17) is 18.9 Å². The maximum atomic E-state index is 12.8. The monoisotopic (exact) mass is 921 g/mol. The highest BCUT2D eigenvalue weighted by Crippen LogP contribution is 2.16. The Morgan fingerprint density at radius 1 is 0.462 bits per heavy atom. The number of carboxylic acids is 1. The Bertz CT molecular complexity index is 1120. The van der Waals surface area contributed by atoms with Gasteiger partial charge in [0.25, 0.3) is 6.29 Å². The van der Waals surface area contributed by atoms with Gasteiger partial charge >= 0.3 is 17.9 Å². The summed E-state index contributed by atoms with van der Waals surface area (Å²) in [5, 5.41) is 9.67. The van der Waals surface area contributed by atoms with Crippen LogP contribution in [0.4, 0.5) is 0 Å². The second-order valence-corrected chi connectivity index (χ2v) is 19.9. The van der Waals surface area contributed by atoms with Crippen LogP contribution >= 0.6 is 0 Å². The van der Waals surface area contributed by atoms with Gasteiger partial charge in [0.15, 0.2) is 6.10 Å². The summed E-state index contributed by atoms with van der Waals surface area (Å²) in [4.78, 5) is 37.3. The van der Waals surface area contributed by atoms with Crippen LogP contribution in [0.2, 0.25) is 0 Å². The Kier molecular flexibility index (Phi) is 46.6. The van der Waals surface area contributed by atoms with Crippen molar-refractivity contribution in [3.63, 3.8) is 0 Å². The van der Waals surface area contributed by atoms with Crippen molar-refractivity contribution in [3.8, 4) is 0 Å². The maximum absolute atomic E-state index is 12.8. The van der Waals surface area contributed by atoms with Gasteiger partial charge in [0.1, 0.15) is 13.2 Å². The van der Waals surface area contributed by atoms with E-state index in [0.717, 1.165) is 44.9 Å². The Hall–Kier alpha value is -2.23. The minimum Gasteiger partial charge on any atom is -0.477 e. The molecule has 0 aliphatic heterocycles. The van der Waals surface area contributed by atoms with Crippen LogP contribution in [0.15, 0.2) is 24.3 Å². The number of hydrogen-bond donors (Lipinski definition) is 1. The molecule has 0 aromatic rings. The van der Waals surface area contributed by atoms with Gasteiger partial charge in [0.05, 0.1) is 34.4 Å².